The van der Waals surface area contributed by atoms with E-state index in [2.05, 4.69) is 0 Å². The van der Waals surface area contributed by atoms with Crippen LogP contribution in [0.5, 0.6) is 5.75 Å². The molecule has 0 aliphatic carbocycles. The summed E-state index contributed by atoms with van der Waals surface area (Å²) < 4.78 is 43.6. The second-order valence-corrected chi connectivity index (χ2v) is 4.78. The maximum absolute atomic E-state index is 12.8. The van der Waals surface area contributed by atoms with Crippen LogP contribution < -0.4 is 4.74 Å². The smallest absolute Gasteiger partial charge is 0.417 e. The predicted octanol–water partition coefficient (Wildman–Crippen LogP) is 3.28. The van der Waals surface area contributed by atoms with E-state index in [9.17, 15) is 18.0 Å². The lowest BCUT2D eigenvalue weighted by molar-refractivity contribution is -0.139. The Morgan fingerprint density at radius 3 is 2.72 bits per heavy atom. The largest absolute Gasteiger partial charge is 0.491 e. The third-order valence-corrected chi connectivity index (χ3v) is 3.62. The number of aromatic carboxylic acids is 1. The van der Waals surface area contributed by atoms with Gasteiger partial charge in [-0.3, -0.25) is 0 Å². The van der Waals surface area contributed by atoms with Crippen molar-refractivity contribution in [2.24, 2.45) is 0 Å². The molecular formula is C11H9F3O3S. The summed E-state index contributed by atoms with van der Waals surface area (Å²) >= 11 is 0.986. The van der Waals surface area contributed by atoms with E-state index in [-0.39, 0.29) is 22.8 Å². The van der Waals surface area contributed by atoms with Gasteiger partial charge >= 0.3 is 12.1 Å². The molecule has 0 spiro atoms. The highest BCUT2D eigenvalue weighted by Gasteiger charge is 2.37. The first-order valence-electron chi connectivity index (χ1n) is 5.14. The summed E-state index contributed by atoms with van der Waals surface area (Å²) in [6, 6.07) is 1.74. The van der Waals surface area contributed by atoms with Gasteiger partial charge in [0.25, 0.3) is 0 Å². The fourth-order valence-electron chi connectivity index (χ4n) is 1.65. The van der Waals surface area contributed by atoms with Crippen LogP contribution in [0.4, 0.5) is 13.2 Å². The number of carbonyl (C=O) groups is 1. The molecule has 1 aliphatic rings. The van der Waals surface area contributed by atoms with Crippen molar-refractivity contribution in [3.8, 4) is 5.75 Å². The second kappa shape index (κ2) is 4.72. The Balaban J connectivity index is 2.63. The fourth-order valence-corrected chi connectivity index (χ4v) is 2.75. The van der Waals surface area contributed by atoms with Gasteiger partial charge in [-0.2, -0.15) is 13.2 Å². The molecule has 1 heterocycles. The second-order valence-electron chi connectivity index (χ2n) is 3.67. The molecule has 7 heteroatoms. The first-order chi connectivity index (χ1) is 8.41. The number of alkyl halides is 3. The zero-order chi connectivity index (χ0) is 13.3. The average Bonchev–Trinajstić information content (AvgIpc) is 2.50. The van der Waals surface area contributed by atoms with E-state index in [1.807, 2.05) is 0 Å². The van der Waals surface area contributed by atoms with Crippen LogP contribution in [0.2, 0.25) is 0 Å². The predicted molar refractivity (Wildman–Crippen MR) is 59.2 cm³/mol. The van der Waals surface area contributed by atoms with Gasteiger partial charge in [0.05, 0.1) is 17.1 Å². The summed E-state index contributed by atoms with van der Waals surface area (Å²) in [7, 11) is 0. The molecule has 2 rings (SSSR count). The topological polar surface area (TPSA) is 46.5 Å². The molecule has 3 nitrogen and oxygen atoms in total. The maximum atomic E-state index is 12.8. The number of benzene rings is 1. The van der Waals surface area contributed by atoms with E-state index in [1.165, 1.54) is 0 Å². The van der Waals surface area contributed by atoms with Gasteiger partial charge in [0.1, 0.15) is 11.3 Å². The molecule has 1 N–H and O–H groups in total. The monoisotopic (exact) mass is 278 g/mol. The van der Waals surface area contributed by atoms with Crippen molar-refractivity contribution < 1.29 is 27.8 Å². The summed E-state index contributed by atoms with van der Waals surface area (Å²) in [6.45, 7) is 0.224. The molecule has 18 heavy (non-hydrogen) atoms. The van der Waals surface area contributed by atoms with E-state index >= 15 is 0 Å². The van der Waals surface area contributed by atoms with Crippen LogP contribution in [0.25, 0.3) is 0 Å². The summed E-state index contributed by atoms with van der Waals surface area (Å²) in [5.74, 6) is -0.985. The van der Waals surface area contributed by atoms with Crippen molar-refractivity contribution in [1.82, 2.24) is 0 Å². The molecule has 0 bridgehead atoms. The van der Waals surface area contributed by atoms with Crippen molar-refractivity contribution in [3.63, 3.8) is 0 Å². The number of halogens is 3. The molecule has 0 atom stereocenters. The van der Waals surface area contributed by atoms with E-state index in [1.54, 1.807) is 0 Å². The minimum Gasteiger partial charge on any atom is -0.491 e. The van der Waals surface area contributed by atoms with Gasteiger partial charge in [0.2, 0.25) is 0 Å². The van der Waals surface area contributed by atoms with Gasteiger partial charge in [-0.15, -0.1) is 11.8 Å². The number of carboxylic acid groups (broad SMARTS) is 1. The van der Waals surface area contributed by atoms with E-state index in [0.717, 1.165) is 23.9 Å². The molecule has 1 aliphatic heterocycles. The highest BCUT2D eigenvalue weighted by molar-refractivity contribution is 7.99. The van der Waals surface area contributed by atoms with Gasteiger partial charge in [-0.05, 0) is 18.6 Å². The third kappa shape index (κ3) is 2.40. The minimum absolute atomic E-state index is 0.125. The highest BCUT2D eigenvalue weighted by Crippen LogP contribution is 2.44. The van der Waals surface area contributed by atoms with Crippen LogP contribution in [-0.2, 0) is 6.18 Å². The molecule has 0 saturated carbocycles. The van der Waals surface area contributed by atoms with Crippen LogP contribution in [0, 0.1) is 0 Å². The molecule has 98 valence electrons. The summed E-state index contributed by atoms with van der Waals surface area (Å²) in [4.78, 5) is 10.9. The SMILES string of the molecule is O=C(O)c1ccc(C(F)(F)F)c2c1OCCCS2. The van der Waals surface area contributed by atoms with Gasteiger partial charge in [-0.25, -0.2) is 4.79 Å². The Morgan fingerprint density at radius 2 is 2.11 bits per heavy atom. The van der Waals surface area contributed by atoms with Crippen LogP contribution in [-0.4, -0.2) is 23.4 Å². The number of thioether (sulfide) groups is 1. The minimum atomic E-state index is -4.51. The highest BCUT2D eigenvalue weighted by atomic mass is 32.2. The Bertz CT molecular complexity index is 485. The van der Waals surface area contributed by atoms with Crippen LogP contribution >= 0.6 is 11.8 Å². The average molecular weight is 278 g/mol. The Kier molecular flexibility index (Phi) is 3.43. The molecule has 0 amide bonds. The number of carboxylic acids is 1. The molecule has 1 aromatic rings. The quantitative estimate of drug-likeness (QED) is 0.856. The molecule has 0 fully saturated rings. The summed E-state index contributed by atoms with van der Waals surface area (Å²) in [6.07, 6.45) is -3.93. The number of hydrogen-bond acceptors (Lipinski definition) is 3. The lowest BCUT2D eigenvalue weighted by atomic mass is 10.1. The fraction of sp³-hybridized carbons (Fsp3) is 0.364. The molecule has 0 saturated heterocycles. The van der Waals surface area contributed by atoms with Gasteiger partial charge < -0.3 is 9.84 Å². The van der Waals surface area contributed by atoms with Crippen molar-refractivity contribution >= 4 is 17.7 Å². The van der Waals surface area contributed by atoms with Gasteiger partial charge in [0.15, 0.2) is 0 Å². The zero-order valence-electron chi connectivity index (χ0n) is 9.08. The molecule has 0 radical (unpaired) electrons. The van der Waals surface area contributed by atoms with Crippen molar-refractivity contribution in [1.29, 1.82) is 0 Å². The van der Waals surface area contributed by atoms with E-state index in [0.29, 0.717) is 12.2 Å². The van der Waals surface area contributed by atoms with Crippen molar-refractivity contribution in [3.05, 3.63) is 23.3 Å². The maximum Gasteiger partial charge on any atom is 0.417 e. The van der Waals surface area contributed by atoms with Crippen LogP contribution in [0.15, 0.2) is 17.0 Å². The first kappa shape index (κ1) is 13.1. The molecule has 1 aromatic carbocycles. The molecular weight excluding hydrogens is 269 g/mol. The van der Waals surface area contributed by atoms with E-state index in [4.69, 9.17) is 9.84 Å². The van der Waals surface area contributed by atoms with Crippen molar-refractivity contribution in [2.75, 3.05) is 12.4 Å². The summed E-state index contributed by atoms with van der Waals surface area (Å²) in [5.41, 5.74) is -1.07. The lowest BCUT2D eigenvalue weighted by Gasteiger charge is -2.16. The van der Waals surface area contributed by atoms with E-state index < -0.39 is 17.7 Å². The lowest BCUT2D eigenvalue weighted by Crippen LogP contribution is -2.11. The van der Waals surface area contributed by atoms with Crippen molar-refractivity contribution in [2.45, 2.75) is 17.5 Å². The number of rotatable bonds is 1. The Morgan fingerprint density at radius 1 is 1.39 bits per heavy atom. The standard InChI is InChI=1S/C11H9F3O3S/c12-11(13,14)7-3-2-6(10(15)16)8-9(7)18-5-1-4-17-8/h2-3H,1,4-5H2,(H,15,16). The number of fused-ring (bicyclic) bond motifs is 1. The third-order valence-electron chi connectivity index (χ3n) is 2.43. The summed E-state index contributed by atoms with van der Waals surface area (Å²) in [5, 5.41) is 8.96. The van der Waals surface area contributed by atoms with Crippen LogP contribution in [0.1, 0.15) is 22.3 Å². The first-order valence-corrected chi connectivity index (χ1v) is 6.13. The normalized spacial score (nSPS) is 15.5. The number of ether oxygens (including phenoxy) is 1. The van der Waals surface area contributed by atoms with Gasteiger partial charge in [0, 0.05) is 5.75 Å². The molecule has 0 aromatic heterocycles. The number of hydrogen-bond donors (Lipinski definition) is 1. The Hall–Kier alpha value is -1.37. The molecule has 0 unspecified atom stereocenters. The van der Waals surface area contributed by atoms with Crippen LogP contribution in [0.3, 0.4) is 0 Å². The Labute approximate surface area is 105 Å². The van der Waals surface area contributed by atoms with Gasteiger partial charge in [-0.1, -0.05) is 0 Å². The zero-order valence-corrected chi connectivity index (χ0v) is 9.90.